The van der Waals surface area contributed by atoms with Gasteiger partial charge in [0, 0.05) is 24.3 Å². The van der Waals surface area contributed by atoms with E-state index in [-0.39, 0.29) is 6.04 Å². The molecule has 0 radical (unpaired) electrons. The fraction of sp³-hybridized carbons (Fsp3) is 0.235. The second kappa shape index (κ2) is 5.47. The van der Waals surface area contributed by atoms with Crippen LogP contribution in [0.25, 0.3) is 11.0 Å². The zero-order valence-electron chi connectivity index (χ0n) is 11.8. The van der Waals surface area contributed by atoms with Gasteiger partial charge >= 0.3 is 0 Å². The van der Waals surface area contributed by atoms with E-state index in [1.54, 1.807) is 0 Å². The predicted molar refractivity (Wildman–Crippen MR) is 80.4 cm³/mol. The minimum absolute atomic E-state index is 0.169. The van der Waals surface area contributed by atoms with Crippen LogP contribution >= 0.6 is 0 Å². The summed E-state index contributed by atoms with van der Waals surface area (Å²) in [5, 5.41) is 4.63. The van der Waals surface area contributed by atoms with Crippen molar-refractivity contribution in [2.24, 2.45) is 0 Å². The molecule has 1 unspecified atom stereocenters. The maximum Gasteiger partial charge on any atom is 0.134 e. The number of fused-ring (bicyclic) bond motifs is 1. The number of aryl methyl sites for hydroxylation is 1. The molecular weight excluding hydrogens is 248 g/mol. The lowest BCUT2D eigenvalue weighted by atomic mass is 10.1. The molecule has 0 spiro atoms. The largest absolute Gasteiger partial charge is 0.459 e. The molecule has 3 aromatic rings. The molecule has 1 N–H and O–H groups in total. The van der Waals surface area contributed by atoms with Crippen LogP contribution in [0.15, 0.2) is 53.2 Å². The smallest absolute Gasteiger partial charge is 0.134 e. The highest BCUT2D eigenvalue weighted by Crippen LogP contribution is 2.23. The van der Waals surface area contributed by atoms with E-state index >= 15 is 0 Å². The molecule has 0 saturated carbocycles. The van der Waals surface area contributed by atoms with Gasteiger partial charge < -0.3 is 9.73 Å². The number of nitrogens with zero attached hydrogens (tertiary/aromatic N) is 1. The summed E-state index contributed by atoms with van der Waals surface area (Å²) < 4.78 is 5.87. The average Bonchev–Trinajstić information content (AvgIpc) is 2.90. The Labute approximate surface area is 118 Å². The Morgan fingerprint density at radius 3 is 2.90 bits per heavy atom. The van der Waals surface area contributed by atoms with Crippen molar-refractivity contribution in [3.63, 3.8) is 0 Å². The Kier molecular flexibility index (Phi) is 3.52. The molecule has 0 aliphatic heterocycles. The van der Waals surface area contributed by atoms with E-state index in [0.29, 0.717) is 0 Å². The Morgan fingerprint density at radius 1 is 1.25 bits per heavy atom. The van der Waals surface area contributed by atoms with Crippen LogP contribution in [-0.2, 0) is 6.54 Å². The van der Waals surface area contributed by atoms with Crippen molar-refractivity contribution in [2.75, 3.05) is 0 Å². The van der Waals surface area contributed by atoms with E-state index < -0.39 is 0 Å². The fourth-order valence-corrected chi connectivity index (χ4v) is 2.26. The van der Waals surface area contributed by atoms with Crippen LogP contribution < -0.4 is 5.32 Å². The highest BCUT2D eigenvalue weighted by molar-refractivity contribution is 5.77. The van der Waals surface area contributed by atoms with Crippen LogP contribution in [0.1, 0.15) is 29.9 Å². The topological polar surface area (TPSA) is 38.1 Å². The summed E-state index contributed by atoms with van der Waals surface area (Å²) in [6.45, 7) is 5.01. The van der Waals surface area contributed by atoms with E-state index in [4.69, 9.17) is 4.42 Å². The van der Waals surface area contributed by atoms with Gasteiger partial charge in [0.1, 0.15) is 11.3 Å². The maximum atomic E-state index is 5.87. The molecular formula is C17H18N2O. The van der Waals surface area contributed by atoms with E-state index in [1.165, 1.54) is 11.1 Å². The first kappa shape index (κ1) is 12.9. The molecule has 102 valence electrons. The number of furan rings is 1. The number of hydrogen-bond donors (Lipinski definition) is 1. The lowest BCUT2D eigenvalue weighted by molar-refractivity contribution is 0.450. The first-order chi connectivity index (χ1) is 9.74. The van der Waals surface area contributed by atoms with Gasteiger partial charge in [0.05, 0.1) is 6.04 Å². The number of nitrogens with one attached hydrogen (secondary N) is 1. The van der Waals surface area contributed by atoms with Gasteiger partial charge in [0.15, 0.2) is 0 Å². The van der Waals surface area contributed by atoms with Crippen molar-refractivity contribution in [3.8, 4) is 0 Å². The highest BCUT2D eigenvalue weighted by Gasteiger charge is 2.11. The van der Waals surface area contributed by atoms with Crippen LogP contribution in [-0.4, -0.2) is 4.98 Å². The third-order valence-electron chi connectivity index (χ3n) is 3.62. The second-order valence-electron chi connectivity index (χ2n) is 5.09. The van der Waals surface area contributed by atoms with Crippen molar-refractivity contribution < 1.29 is 4.42 Å². The van der Waals surface area contributed by atoms with Crippen LogP contribution in [0, 0.1) is 6.92 Å². The van der Waals surface area contributed by atoms with Gasteiger partial charge in [-0.3, -0.25) is 4.98 Å². The molecule has 3 rings (SSSR count). The number of aromatic nitrogens is 1. The lowest BCUT2D eigenvalue weighted by Crippen LogP contribution is -2.18. The molecule has 2 heterocycles. The first-order valence-corrected chi connectivity index (χ1v) is 6.85. The molecule has 2 aromatic heterocycles. The summed E-state index contributed by atoms with van der Waals surface area (Å²) in [5.74, 6) is 0.966. The summed E-state index contributed by atoms with van der Waals surface area (Å²) in [4.78, 5) is 4.17. The van der Waals surface area contributed by atoms with E-state index in [0.717, 1.165) is 23.3 Å². The monoisotopic (exact) mass is 266 g/mol. The molecule has 0 amide bonds. The van der Waals surface area contributed by atoms with Crippen LogP contribution in [0.4, 0.5) is 0 Å². The molecule has 1 atom stereocenters. The van der Waals surface area contributed by atoms with Crippen LogP contribution in [0.3, 0.4) is 0 Å². The zero-order valence-corrected chi connectivity index (χ0v) is 11.8. The van der Waals surface area contributed by atoms with Crippen molar-refractivity contribution in [3.05, 3.63) is 65.7 Å². The summed E-state index contributed by atoms with van der Waals surface area (Å²) >= 11 is 0. The molecule has 0 fully saturated rings. The SMILES string of the molecule is Cc1ccncc1CNC(C)c1cc2ccccc2o1. The van der Waals surface area contributed by atoms with Gasteiger partial charge in [-0.15, -0.1) is 0 Å². The molecule has 0 bridgehead atoms. The Bertz CT molecular complexity index is 685. The molecule has 0 aliphatic carbocycles. The third-order valence-corrected chi connectivity index (χ3v) is 3.62. The third kappa shape index (κ3) is 2.58. The van der Waals surface area contributed by atoms with Crippen LogP contribution in [0.5, 0.6) is 0 Å². The van der Waals surface area contributed by atoms with Crippen molar-refractivity contribution in [1.29, 1.82) is 0 Å². The standard InChI is InChI=1S/C17H18N2O/c1-12-7-8-18-10-15(12)11-19-13(2)17-9-14-5-3-4-6-16(14)20-17/h3-10,13,19H,11H2,1-2H3. The fourth-order valence-electron chi connectivity index (χ4n) is 2.26. The first-order valence-electron chi connectivity index (χ1n) is 6.85. The normalized spacial score (nSPS) is 12.7. The number of benzene rings is 1. The minimum atomic E-state index is 0.169. The van der Waals surface area contributed by atoms with E-state index in [9.17, 15) is 0 Å². The summed E-state index contributed by atoms with van der Waals surface area (Å²) in [6.07, 6.45) is 3.73. The maximum absolute atomic E-state index is 5.87. The van der Waals surface area contributed by atoms with Crippen LogP contribution in [0.2, 0.25) is 0 Å². The number of rotatable bonds is 4. The molecule has 1 aromatic carbocycles. The van der Waals surface area contributed by atoms with E-state index in [2.05, 4.69) is 36.3 Å². The van der Waals surface area contributed by atoms with Crippen molar-refractivity contribution in [1.82, 2.24) is 10.3 Å². The summed E-state index contributed by atoms with van der Waals surface area (Å²) in [6, 6.07) is 12.4. The van der Waals surface area contributed by atoms with Gasteiger partial charge in [-0.25, -0.2) is 0 Å². The lowest BCUT2D eigenvalue weighted by Gasteiger charge is -2.12. The van der Waals surface area contributed by atoms with Crippen molar-refractivity contribution >= 4 is 11.0 Å². The Morgan fingerprint density at radius 2 is 2.10 bits per heavy atom. The zero-order chi connectivity index (χ0) is 13.9. The second-order valence-corrected chi connectivity index (χ2v) is 5.09. The molecule has 0 aliphatic rings. The highest BCUT2D eigenvalue weighted by atomic mass is 16.3. The average molecular weight is 266 g/mol. The quantitative estimate of drug-likeness (QED) is 0.776. The number of hydrogen-bond acceptors (Lipinski definition) is 3. The van der Waals surface area contributed by atoms with Gasteiger partial charge in [-0.2, -0.15) is 0 Å². The summed E-state index contributed by atoms with van der Waals surface area (Å²) in [7, 11) is 0. The molecule has 20 heavy (non-hydrogen) atoms. The number of pyridine rings is 1. The Balaban J connectivity index is 1.73. The Hall–Kier alpha value is -2.13. The van der Waals surface area contributed by atoms with Gasteiger partial charge in [0.2, 0.25) is 0 Å². The van der Waals surface area contributed by atoms with Crippen molar-refractivity contribution in [2.45, 2.75) is 26.4 Å². The molecule has 0 saturated heterocycles. The summed E-state index contributed by atoms with van der Waals surface area (Å²) in [5.41, 5.74) is 3.41. The van der Waals surface area contributed by atoms with Gasteiger partial charge in [-0.1, -0.05) is 18.2 Å². The van der Waals surface area contributed by atoms with Gasteiger partial charge in [-0.05, 0) is 43.2 Å². The number of para-hydroxylation sites is 1. The molecule has 3 nitrogen and oxygen atoms in total. The minimum Gasteiger partial charge on any atom is -0.459 e. The predicted octanol–water partition coefficient (Wildman–Crippen LogP) is 3.99. The van der Waals surface area contributed by atoms with E-state index in [1.807, 2.05) is 36.7 Å². The van der Waals surface area contributed by atoms with Gasteiger partial charge in [0.25, 0.3) is 0 Å². The molecule has 3 heteroatoms.